The van der Waals surface area contributed by atoms with E-state index in [-0.39, 0.29) is 11.6 Å². The normalized spacial score (nSPS) is 11.6. The van der Waals surface area contributed by atoms with Gasteiger partial charge in [0, 0.05) is 11.7 Å². The maximum absolute atomic E-state index is 11.2. The standard InChI is InChI=1S/C24H29N3O2/c1-14(2)22-23(15(3)4)26-19(13-25-22)21-12-11-20(27(21)16(5)6)17-7-9-18(10-8-17)24(28)29/h7-16H,1-6H3,(H,28,29). The third-order valence-corrected chi connectivity index (χ3v) is 5.05. The molecule has 3 rings (SSSR count). The van der Waals surface area contributed by atoms with E-state index in [4.69, 9.17) is 15.1 Å². The number of rotatable bonds is 6. The number of aromatic nitrogens is 3. The first-order valence-corrected chi connectivity index (χ1v) is 10.1. The fraction of sp³-hybridized carbons (Fsp3) is 0.375. The third kappa shape index (κ3) is 4.09. The van der Waals surface area contributed by atoms with Crippen LogP contribution in [0.1, 0.15) is 81.2 Å². The molecule has 3 aromatic rings. The van der Waals surface area contributed by atoms with Crippen LogP contribution in [0.3, 0.4) is 0 Å². The van der Waals surface area contributed by atoms with Crippen LogP contribution < -0.4 is 0 Å². The van der Waals surface area contributed by atoms with Crippen molar-refractivity contribution in [2.75, 3.05) is 0 Å². The second-order valence-corrected chi connectivity index (χ2v) is 8.29. The van der Waals surface area contributed by atoms with Gasteiger partial charge < -0.3 is 9.67 Å². The molecule has 2 heterocycles. The Kier molecular flexibility index (Phi) is 5.87. The molecule has 0 atom stereocenters. The molecule has 5 nitrogen and oxygen atoms in total. The van der Waals surface area contributed by atoms with Crippen LogP contribution in [0, 0.1) is 0 Å². The second kappa shape index (κ2) is 8.19. The minimum Gasteiger partial charge on any atom is -0.478 e. The molecule has 1 aromatic carbocycles. The molecular weight excluding hydrogens is 362 g/mol. The van der Waals surface area contributed by atoms with Crippen LogP contribution in [0.2, 0.25) is 0 Å². The second-order valence-electron chi connectivity index (χ2n) is 8.29. The van der Waals surface area contributed by atoms with Gasteiger partial charge in [-0.25, -0.2) is 9.78 Å². The van der Waals surface area contributed by atoms with E-state index in [9.17, 15) is 4.79 Å². The SMILES string of the molecule is CC(C)c1ncc(-c2ccc(-c3ccc(C(=O)O)cc3)n2C(C)C)nc1C(C)C. The van der Waals surface area contributed by atoms with Crippen molar-refractivity contribution in [3.05, 3.63) is 59.5 Å². The number of aromatic carboxylic acids is 1. The van der Waals surface area contributed by atoms with Gasteiger partial charge in [0.15, 0.2) is 0 Å². The predicted octanol–water partition coefficient (Wildman–Crippen LogP) is 6.14. The van der Waals surface area contributed by atoms with E-state index >= 15 is 0 Å². The lowest BCUT2D eigenvalue weighted by Gasteiger charge is -2.19. The zero-order valence-electron chi connectivity index (χ0n) is 18.0. The Labute approximate surface area is 172 Å². The zero-order valence-corrected chi connectivity index (χ0v) is 18.0. The minimum absolute atomic E-state index is 0.211. The van der Waals surface area contributed by atoms with Crippen molar-refractivity contribution in [3.8, 4) is 22.6 Å². The summed E-state index contributed by atoms with van der Waals surface area (Å²) < 4.78 is 2.24. The van der Waals surface area contributed by atoms with Gasteiger partial charge in [-0.1, -0.05) is 39.8 Å². The van der Waals surface area contributed by atoms with Crippen molar-refractivity contribution in [1.29, 1.82) is 0 Å². The van der Waals surface area contributed by atoms with Crippen LogP contribution in [0.15, 0.2) is 42.6 Å². The molecule has 0 aliphatic heterocycles. The Balaban J connectivity index is 2.12. The van der Waals surface area contributed by atoms with Gasteiger partial charge in [0.2, 0.25) is 0 Å². The molecule has 0 unspecified atom stereocenters. The fourth-order valence-electron chi connectivity index (χ4n) is 3.64. The molecule has 0 aliphatic carbocycles. The van der Waals surface area contributed by atoms with E-state index in [0.717, 1.165) is 34.0 Å². The van der Waals surface area contributed by atoms with Gasteiger partial charge in [0.1, 0.15) is 5.69 Å². The van der Waals surface area contributed by atoms with Crippen molar-refractivity contribution >= 4 is 5.97 Å². The lowest BCUT2D eigenvalue weighted by molar-refractivity contribution is 0.0697. The highest BCUT2D eigenvalue weighted by atomic mass is 16.4. The van der Waals surface area contributed by atoms with Gasteiger partial charge in [0.25, 0.3) is 0 Å². The Morgan fingerprint density at radius 3 is 1.97 bits per heavy atom. The molecule has 0 bridgehead atoms. The molecular formula is C24H29N3O2. The number of nitrogens with zero attached hydrogens (tertiary/aromatic N) is 3. The number of carboxylic acids is 1. The lowest BCUT2D eigenvalue weighted by atomic mass is 10.0. The lowest BCUT2D eigenvalue weighted by Crippen LogP contribution is -2.09. The average molecular weight is 392 g/mol. The molecule has 2 aromatic heterocycles. The van der Waals surface area contributed by atoms with Gasteiger partial charge in [-0.3, -0.25) is 4.98 Å². The molecule has 29 heavy (non-hydrogen) atoms. The summed E-state index contributed by atoms with van der Waals surface area (Å²) in [4.78, 5) is 20.9. The van der Waals surface area contributed by atoms with Crippen LogP contribution in [0.4, 0.5) is 0 Å². The summed E-state index contributed by atoms with van der Waals surface area (Å²) in [6.45, 7) is 12.9. The highest BCUT2D eigenvalue weighted by Gasteiger charge is 2.19. The Hall–Kier alpha value is -2.95. The van der Waals surface area contributed by atoms with Crippen LogP contribution in [0.25, 0.3) is 22.6 Å². The van der Waals surface area contributed by atoms with Gasteiger partial charge >= 0.3 is 5.97 Å². The molecule has 0 aliphatic rings. The monoisotopic (exact) mass is 391 g/mol. The summed E-state index contributed by atoms with van der Waals surface area (Å²) in [6, 6.07) is 11.3. The van der Waals surface area contributed by atoms with Gasteiger partial charge in [-0.2, -0.15) is 0 Å². The van der Waals surface area contributed by atoms with Crippen LogP contribution in [-0.4, -0.2) is 25.6 Å². The fourth-order valence-corrected chi connectivity index (χ4v) is 3.64. The van der Waals surface area contributed by atoms with Gasteiger partial charge in [-0.05, 0) is 55.5 Å². The zero-order chi connectivity index (χ0) is 21.3. The van der Waals surface area contributed by atoms with E-state index in [2.05, 4.69) is 58.2 Å². The quantitative estimate of drug-likeness (QED) is 0.548. The maximum Gasteiger partial charge on any atom is 0.335 e. The average Bonchev–Trinajstić information content (AvgIpc) is 3.12. The van der Waals surface area contributed by atoms with Crippen LogP contribution in [-0.2, 0) is 0 Å². The van der Waals surface area contributed by atoms with Crippen molar-refractivity contribution < 1.29 is 9.90 Å². The topological polar surface area (TPSA) is 68.0 Å². The molecule has 0 amide bonds. The predicted molar refractivity (Wildman–Crippen MR) is 116 cm³/mol. The first kappa shape index (κ1) is 20.8. The third-order valence-electron chi connectivity index (χ3n) is 5.05. The molecule has 0 fully saturated rings. The summed E-state index contributed by atoms with van der Waals surface area (Å²) in [5.41, 5.74) is 6.27. The van der Waals surface area contributed by atoms with E-state index in [1.165, 1.54) is 0 Å². The van der Waals surface area contributed by atoms with Crippen LogP contribution >= 0.6 is 0 Å². The van der Waals surface area contributed by atoms with Crippen molar-refractivity contribution in [2.24, 2.45) is 0 Å². The summed E-state index contributed by atoms with van der Waals surface area (Å²) in [5.74, 6) is -0.294. The van der Waals surface area contributed by atoms with Crippen molar-refractivity contribution in [1.82, 2.24) is 14.5 Å². The molecule has 0 saturated heterocycles. The molecule has 0 saturated carbocycles. The van der Waals surface area contributed by atoms with E-state index in [0.29, 0.717) is 11.8 Å². The maximum atomic E-state index is 11.2. The summed E-state index contributed by atoms with van der Waals surface area (Å²) in [5, 5.41) is 9.15. The number of carboxylic acid groups (broad SMARTS) is 1. The Morgan fingerprint density at radius 1 is 0.862 bits per heavy atom. The largest absolute Gasteiger partial charge is 0.478 e. The molecule has 1 N–H and O–H groups in total. The van der Waals surface area contributed by atoms with E-state index < -0.39 is 5.97 Å². The first-order valence-electron chi connectivity index (χ1n) is 10.1. The smallest absolute Gasteiger partial charge is 0.335 e. The summed E-state index contributed by atoms with van der Waals surface area (Å²) in [6.07, 6.45) is 1.87. The molecule has 0 spiro atoms. The molecule has 0 radical (unpaired) electrons. The summed E-state index contributed by atoms with van der Waals surface area (Å²) >= 11 is 0. The number of carbonyl (C=O) groups is 1. The van der Waals surface area contributed by atoms with Crippen molar-refractivity contribution in [2.45, 2.75) is 59.4 Å². The Bertz CT molecular complexity index is 1020. The minimum atomic E-state index is -0.918. The number of benzene rings is 1. The molecule has 152 valence electrons. The molecule has 5 heteroatoms. The first-order chi connectivity index (χ1) is 13.7. The van der Waals surface area contributed by atoms with E-state index in [1.807, 2.05) is 18.3 Å². The van der Waals surface area contributed by atoms with Gasteiger partial charge in [-0.15, -0.1) is 0 Å². The van der Waals surface area contributed by atoms with E-state index in [1.54, 1.807) is 12.1 Å². The highest BCUT2D eigenvalue weighted by Crippen LogP contribution is 2.33. The van der Waals surface area contributed by atoms with Crippen LogP contribution in [0.5, 0.6) is 0 Å². The number of hydrogen-bond acceptors (Lipinski definition) is 3. The number of hydrogen-bond donors (Lipinski definition) is 1. The van der Waals surface area contributed by atoms with Crippen molar-refractivity contribution in [3.63, 3.8) is 0 Å². The Morgan fingerprint density at radius 2 is 1.45 bits per heavy atom. The van der Waals surface area contributed by atoms with Gasteiger partial charge in [0.05, 0.1) is 28.8 Å². The summed E-state index contributed by atoms with van der Waals surface area (Å²) in [7, 11) is 0. The highest BCUT2D eigenvalue weighted by molar-refractivity contribution is 5.88.